The van der Waals surface area contributed by atoms with E-state index in [1.165, 1.54) is 0 Å². The SMILES string of the molecule is COc1ccc(NC(C)C(=O)NCc2ccccc2)c(OC)c1. The van der Waals surface area contributed by atoms with Gasteiger partial charge in [-0.1, -0.05) is 30.3 Å². The number of hydrogen-bond donors (Lipinski definition) is 2. The molecule has 0 saturated carbocycles. The van der Waals surface area contributed by atoms with Crippen molar-refractivity contribution < 1.29 is 14.3 Å². The van der Waals surface area contributed by atoms with Crippen molar-refractivity contribution in [3.8, 4) is 11.5 Å². The van der Waals surface area contributed by atoms with Gasteiger partial charge in [-0.2, -0.15) is 0 Å². The highest BCUT2D eigenvalue weighted by Crippen LogP contribution is 2.29. The van der Waals surface area contributed by atoms with Crippen LogP contribution in [0.5, 0.6) is 11.5 Å². The molecule has 122 valence electrons. The molecule has 0 aromatic heterocycles. The molecule has 2 aromatic carbocycles. The van der Waals surface area contributed by atoms with Gasteiger partial charge in [0.25, 0.3) is 0 Å². The van der Waals surface area contributed by atoms with Crippen LogP contribution < -0.4 is 20.1 Å². The molecule has 1 atom stereocenters. The van der Waals surface area contributed by atoms with Crippen LogP contribution in [0.2, 0.25) is 0 Å². The normalized spacial score (nSPS) is 11.4. The number of ether oxygens (including phenoxy) is 2. The molecule has 2 N–H and O–H groups in total. The molecular weight excluding hydrogens is 292 g/mol. The molecule has 0 bridgehead atoms. The maximum atomic E-state index is 12.2. The Bertz CT molecular complexity index is 644. The van der Waals surface area contributed by atoms with Gasteiger partial charge in [-0.05, 0) is 24.6 Å². The second-order valence-corrected chi connectivity index (χ2v) is 5.14. The number of anilines is 1. The molecule has 0 aliphatic heterocycles. The van der Waals surface area contributed by atoms with E-state index in [-0.39, 0.29) is 11.9 Å². The van der Waals surface area contributed by atoms with E-state index in [1.54, 1.807) is 20.3 Å². The lowest BCUT2D eigenvalue weighted by molar-refractivity contribution is -0.121. The van der Waals surface area contributed by atoms with E-state index in [0.29, 0.717) is 18.0 Å². The van der Waals surface area contributed by atoms with E-state index in [0.717, 1.165) is 11.3 Å². The van der Waals surface area contributed by atoms with Crippen LogP contribution in [-0.4, -0.2) is 26.2 Å². The highest BCUT2D eigenvalue weighted by Gasteiger charge is 2.14. The largest absolute Gasteiger partial charge is 0.497 e. The zero-order valence-electron chi connectivity index (χ0n) is 13.6. The van der Waals surface area contributed by atoms with Crippen molar-refractivity contribution >= 4 is 11.6 Å². The molecule has 0 saturated heterocycles. The van der Waals surface area contributed by atoms with Crippen LogP contribution in [0.3, 0.4) is 0 Å². The van der Waals surface area contributed by atoms with Gasteiger partial charge in [0.15, 0.2) is 0 Å². The van der Waals surface area contributed by atoms with E-state index in [1.807, 2.05) is 49.4 Å². The van der Waals surface area contributed by atoms with E-state index in [2.05, 4.69) is 10.6 Å². The lowest BCUT2D eigenvalue weighted by atomic mass is 10.2. The van der Waals surface area contributed by atoms with Gasteiger partial charge in [-0.15, -0.1) is 0 Å². The van der Waals surface area contributed by atoms with Gasteiger partial charge in [-0.25, -0.2) is 0 Å². The van der Waals surface area contributed by atoms with Crippen LogP contribution in [0, 0.1) is 0 Å². The van der Waals surface area contributed by atoms with Crippen LogP contribution in [0.4, 0.5) is 5.69 Å². The van der Waals surface area contributed by atoms with Gasteiger partial charge in [0.05, 0.1) is 19.9 Å². The summed E-state index contributed by atoms with van der Waals surface area (Å²) in [5, 5.41) is 6.07. The van der Waals surface area contributed by atoms with Gasteiger partial charge >= 0.3 is 0 Å². The summed E-state index contributed by atoms with van der Waals surface area (Å²) in [5.41, 5.74) is 1.81. The maximum Gasteiger partial charge on any atom is 0.242 e. The molecular formula is C18H22N2O3. The standard InChI is InChI=1S/C18H22N2O3/c1-13(18(21)19-12-14-7-5-4-6-8-14)20-16-10-9-15(22-2)11-17(16)23-3/h4-11,13,20H,12H2,1-3H3,(H,19,21). The maximum absolute atomic E-state index is 12.2. The third-order valence-corrected chi connectivity index (χ3v) is 3.48. The fraction of sp³-hybridized carbons (Fsp3) is 0.278. The number of amides is 1. The van der Waals surface area contributed by atoms with Crippen LogP contribution in [0.1, 0.15) is 12.5 Å². The number of benzene rings is 2. The summed E-state index contributed by atoms with van der Waals surface area (Å²) in [4.78, 5) is 12.2. The Morgan fingerprint density at radius 1 is 1.09 bits per heavy atom. The van der Waals surface area contributed by atoms with Gasteiger partial charge < -0.3 is 20.1 Å². The summed E-state index contributed by atoms with van der Waals surface area (Å²) >= 11 is 0. The monoisotopic (exact) mass is 314 g/mol. The average molecular weight is 314 g/mol. The molecule has 5 nitrogen and oxygen atoms in total. The second kappa shape index (κ2) is 8.08. The predicted octanol–water partition coefficient (Wildman–Crippen LogP) is 2.82. The molecule has 0 radical (unpaired) electrons. The molecule has 0 aliphatic carbocycles. The molecule has 1 unspecified atom stereocenters. The van der Waals surface area contributed by atoms with Crippen molar-refractivity contribution in [1.82, 2.24) is 5.32 Å². The summed E-state index contributed by atoms with van der Waals surface area (Å²) in [6, 6.07) is 14.8. The Labute approximate surface area is 136 Å². The second-order valence-electron chi connectivity index (χ2n) is 5.14. The number of carbonyl (C=O) groups excluding carboxylic acids is 1. The van der Waals surface area contributed by atoms with Gasteiger partial charge in [0.1, 0.15) is 17.5 Å². The first-order valence-corrected chi connectivity index (χ1v) is 7.44. The predicted molar refractivity (Wildman–Crippen MR) is 90.9 cm³/mol. The summed E-state index contributed by atoms with van der Waals surface area (Å²) in [7, 11) is 3.18. The quantitative estimate of drug-likeness (QED) is 0.825. The smallest absolute Gasteiger partial charge is 0.242 e. The molecule has 0 fully saturated rings. The van der Waals surface area contributed by atoms with Crippen molar-refractivity contribution in [3.63, 3.8) is 0 Å². The highest BCUT2D eigenvalue weighted by atomic mass is 16.5. The van der Waals surface area contributed by atoms with E-state index in [4.69, 9.17) is 9.47 Å². The van der Waals surface area contributed by atoms with E-state index >= 15 is 0 Å². The first-order chi connectivity index (χ1) is 11.1. The molecule has 0 heterocycles. The van der Waals surface area contributed by atoms with Crippen LogP contribution >= 0.6 is 0 Å². The number of nitrogens with one attached hydrogen (secondary N) is 2. The topological polar surface area (TPSA) is 59.6 Å². The minimum Gasteiger partial charge on any atom is -0.497 e. The van der Waals surface area contributed by atoms with Gasteiger partial charge in [-0.3, -0.25) is 4.79 Å². The van der Waals surface area contributed by atoms with Crippen LogP contribution in [0.15, 0.2) is 48.5 Å². The summed E-state index contributed by atoms with van der Waals surface area (Å²) < 4.78 is 10.5. The Morgan fingerprint density at radius 2 is 1.83 bits per heavy atom. The average Bonchev–Trinajstić information content (AvgIpc) is 2.60. The lowest BCUT2D eigenvalue weighted by Crippen LogP contribution is -2.37. The number of hydrogen-bond acceptors (Lipinski definition) is 4. The first-order valence-electron chi connectivity index (χ1n) is 7.44. The number of rotatable bonds is 7. The summed E-state index contributed by atoms with van der Waals surface area (Å²) in [6.07, 6.45) is 0. The zero-order valence-corrected chi connectivity index (χ0v) is 13.6. The fourth-order valence-corrected chi connectivity index (χ4v) is 2.15. The molecule has 2 rings (SSSR count). The van der Waals surface area contributed by atoms with Crippen LogP contribution in [-0.2, 0) is 11.3 Å². The Hall–Kier alpha value is -2.69. The first kappa shape index (κ1) is 16.7. The molecule has 23 heavy (non-hydrogen) atoms. The summed E-state index contributed by atoms with van der Waals surface area (Å²) in [6.45, 7) is 2.31. The van der Waals surface area contributed by atoms with Crippen molar-refractivity contribution in [3.05, 3.63) is 54.1 Å². The lowest BCUT2D eigenvalue weighted by Gasteiger charge is -2.18. The Kier molecular flexibility index (Phi) is 5.86. The van der Waals surface area contributed by atoms with Gasteiger partial charge in [0, 0.05) is 12.6 Å². The number of carbonyl (C=O) groups is 1. The molecule has 0 aliphatic rings. The molecule has 1 amide bonds. The van der Waals surface area contributed by atoms with Crippen molar-refractivity contribution in [2.45, 2.75) is 19.5 Å². The number of methoxy groups -OCH3 is 2. The molecule has 0 spiro atoms. The molecule has 5 heteroatoms. The summed E-state index contributed by atoms with van der Waals surface area (Å²) in [5.74, 6) is 1.26. The van der Waals surface area contributed by atoms with E-state index < -0.39 is 0 Å². The Balaban J connectivity index is 1.95. The minimum atomic E-state index is -0.388. The third-order valence-electron chi connectivity index (χ3n) is 3.48. The minimum absolute atomic E-state index is 0.0771. The van der Waals surface area contributed by atoms with E-state index in [9.17, 15) is 4.79 Å². The fourth-order valence-electron chi connectivity index (χ4n) is 2.15. The zero-order chi connectivity index (χ0) is 16.7. The van der Waals surface area contributed by atoms with Crippen molar-refractivity contribution in [2.24, 2.45) is 0 Å². The Morgan fingerprint density at radius 3 is 2.48 bits per heavy atom. The third kappa shape index (κ3) is 4.64. The van der Waals surface area contributed by atoms with Crippen LogP contribution in [0.25, 0.3) is 0 Å². The van der Waals surface area contributed by atoms with Gasteiger partial charge in [0.2, 0.25) is 5.91 Å². The van der Waals surface area contributed by atoms with Crippen molar-refractivity contribution in [2.75, 3.05) is 19.5 Å². The molecule has 2 aromatic rings. The van der Waals surface area contributed by atoms with Crippen molar-refractivity contribution in [1.29, 1.82) is 0 Å². The highest BCUT2D eigenvalue weighted by molar-refractivity contribution is 5.84.